The molecule has 0 saturated carbocycles. The Labute approximate surface area is 107 Å². The molecule has 3 heteroatoms. The van der Waals surface area contributed by atoms with Crippen molar-refractivity contribution in [1.29, 1.82) is 0 Å². The Bertz CT molecular complexity index is 241. The molecule has 0 aliphatic rings. The lowest BCUT2D eigenvalue weighted by Gasteiger charge is -2.39. The zero-order valence-electron chi connectivity index (χ0n) is 12.4. The summed E-state index contributed by atoms with van der Waals surface area (Å²) >= 11 is 0. The molecule has 0 rings (SSSR count). The molecule has 0 aromatic heterocycles. The van der Waals surface area contributed by atoms with E-state index in [2.05, 4.69) is 39.9 Å². The van der Waals surface area contributed by atoms with E-state index in [4.69, 9.17) is 5.73 Å². The molecule has 0 fully saturated rings. The van der Waals surface area contributed by atoms with Crippen molar-refractivity contribution in [3.05, 3.63) is 0 Å². The van der Waals surface area contributed by atoms with Gasteiger partial charge in [0, 0.05) is 6.54 Å². The van der Waals surface area contributed by atoms with Crippen LogP contribution in [0.3, 0.4) is 0 Å². The van der Waals surface area contributed by atoms with Gasteiger partial charge in [-0.15, -0.1) is 0 Å². The van der Waals surface area contributed by atoms with Gasteiger partial charge in [0.05, 0.1) is 0 Å². The van der Waals surface area contributed by atoms with Gasteiger partial charge < -0.3 is 11.1 Å². The molecule has 1 unspecified atom stereocenters. The van der Waals surface area contributed by atoms with Gasteiger partial charge in [0.1, 0.15) is 5.54 Å². The topological polar surface area (TPSA) is 55.1 Å². The monoisotopic (exact) mass is 242 g/mol. The zero-order chi connectivity index (χ0) is 13.7. The van der Waals surface area contributed by atoms with E-state index in [0.717, 1.165) is 25.8 Å². The first-order chi connectivity index (χ1) is 7.73. The Morgan fingerprint density at radius 2 is 1.65 bits per heavy atom. The molecule has 0 aromatic carbocycles. The SMILES string of the molecule is CCC(CC)C(CC)(NCC(C)(C)C)C(N)=O. The fraction of sp³-hybridized carbons (Fsp3) is 0.929. The minimum atomic E-state index is -0.545. The second kappa shape index (κ2) is 6.39. The molecule has 0 aliphatic heterocycles. The highest BCUT2D eigenvalue weighted by molar-refractivity contribution is 5.85. The number of carbonyl (C=O) groups is 1. The second-order valence-corrected chi connectivity index (χ2v) is 6.12. The smallest absolute Gasteiger partial charge is 0.238 e. The van der Waals surface area contributed by atoms with Crippen LogP contribution in [-0.4, -0.2) is 18.0 Å². The summed E-state index contributed by atoms with van der Waals surface area (Å²) in [7, 11) is 0. The van der Waals surface area contributed by atoms with Crippen LogP contribution in [0.25, 0.3) is 0 Å². The van der Waals surface area contributed by atoms with E-state index in [1.165, 1.54) is 0 Å². The van der Waals surface area contributed by atoms with E-state index >= 15 is 0 Å². The number of nitrogens with one attached hydrogen (secondary N) is 1. The standard InChI is InChI=1S/C14H30N2O/c1-7-11(8-2)14(9-3,12(15)17)16-10-13(4,5)6/h11,16H,7-10H2,1-6H3,(H2,15,17). The third-order valence-corrected chi connectivity index (χ3v) is 3.61. The number of hydrogen-bond acceptors (Lipinski definition) is 2. The maximum absolute atomic E-state index is 11.9. The normalized spacial score (nSPS) is 15.9. The van der Waals surface area contributed by atoms with Gasteiger partial charge in [-0.2, -0.15) is 0 Å². The molecule has 102 valence electrons. The first-order valence-electron chi connectivity index (χ1n) is 6.78. The van der Waals surface area contributed by atoms with E-state index < -0.39 is 5.54 Å². The summed E-state index contributed by atoms with van der Waals surface area (Å²) in [5.41, 5.74) is 5.27. The molecule has 0 spiro atoms. The first kappa shape index (κ1) is 16.4. The van der Waals surface area contributed by atoms with Crippen LogP contribution < -0.4 is 11.1 Å². The number of amides is 1. The van der Waals surface area contributed by atoms with E-state index in [1.807, 2.05) is 6.92 Å². The maximum Gasteiger partial charge on any atom is 0.238 e. The predicted octanol–water partition coefficient (Wildman–Crippen LogP) is 2.69. The van der Waals surface area contributed by atoms with Crippen LogP contribution in [0.5, 0.6) is 0 Å². The van der Waals surface area contributed by atoms with Crippen LogP contribution in [0.1, 0.15) is 60.8 Å². The number of hydrogen-bond donors (Lipinski definition) is 2. The molecule has 0 aromatic rings. The van der Waals surface area contributed by atoms with E-state index in [0.29, 0.717) is 5.92 Å². The highest BCUT2D eigenvalue weighted by Crippen LogP contribution is 2.28. The van der Waals surface area contributed by atoms with E-state index in [-0.39, 0.29) is 11.3 Å². The number of carbonyl (C=O) groups excluding carboxylic acids is 1. The van der Waals surface area contributed by atoms with E-state index in [9.17, 15) is 4.79 Å². The van der Waals surface area contributed by atoms with Gasteiger partial charge in [0.25, 0.3) is 0 Å². The van der Waals surface area contributed by atoms with Crippen molar-refractivity contribution >= 4 is 5.91 Å². The summed E-state index contributed by atoms with van der Waals surface area (Å²) in [5, 5.41) is 3.45. The highest BCUT2D eigenvalue weighted by atomic mass is 16.1. The third-order valence-electron chi connectivity index (χ3n) is 3.61. The largest absolute Gasteiger partial charge is 0.368 e. The Hall–Kier alpha value is -0.570. The molecule has 0 heterocycles. The van der Waals surface area contributed by atoms with Crippen molar-refractivity contribution in [1.82, 2.24) is 5.32 Å². The van der Waals surface area contributed by atoms with Gasteiger partial charge in [-0.05, 0) is 17.8 Å². The third kappa shape index (κ3) is 4.30. The summed E-state index contributed by atoms with van der Waals surface area (Å²) in [6.07, 6.45) is 2.71. The Morgan fingerprint density at radius 3 is 1.88 bits per heavy atom. The molecule has 0 radical (unpaired) electrons. The predicted molar refractivity (Wildman–Crippen MR) is 73.7 cm³/mol. The van der Waals surface area contributed by atoms with Crippen LogP contribution >= 0.6 is 0 Å². The van der Waals surface area contributed by atoms with Crippen molar-refractivity contribution in [3.63, 3.8) is 0 Å². The fourth-order valence-electron chi connectivity index (χ4n) is 2.43. The molecule has 3 nitrogen and oxygen atoms in total. The van der Waals surface area contributed by atoms with Crippen LogP contribution in [-0.2, 0) is 4.79 Å². The van der Waals surface area contributed by atoms with Crippen molar-refractivity contribution in [2.24, 2.45) is 17.1 Å². The summed E-state index contributed by atoms with van der Waals surface area (Å²) in [5.74, 6) is 0.102. The van der Waals surface area contributed by atoms with Gasteiger partial charge in [0.15, 0.2) is 0 Å². The molecule has 0 bridgehead atoms. The maximum atomic E-state index is 11.9. The molecule has 0 saturated heterocycles. The summed E-state index contributed by atoms with van der Waals surface area (Å²) < 4.78 is 0. The van der Waals surface area contributed by atoms with Crippen LogP contribution in [0, 0.1) is 11.3 Å². The molecular weight excluding hydrogens is 212 g/mol. The summed E-state index contributed by atoms with van der Waals surface area (Å²) in [6, 6.07) is 0. The Morgan fingerprint density at radius 1 is 1.18 bits per heavy atom. The summed E-state index contributed by atoms with van der Waals surface area (Å²) in [4.78, 5) is 11.9. The molecule has 3 N–H and O–H groups in total. The van der Waals surface area contributed by atoms with Gasteiger partial charge in [-0.1, -0.05) is 54.4 Å². The van der Waals surface area contributed by atoms with Gasteiger partial charge in [-0.3, -0.25) is 4.79 Å². The van der Waals surface area contributed by atoms with Gasteiger partial charge >= 0.3 is 0 Å². The molecule has 1 amide bonds. The van der Waals surface area contributed by atoms with Gasteiger partial charge in [0.2, 0.25) is 5.91 Å². The average Bonchev–Trinajstić information content (AvgIpc) is 2.22. The number of primary amides is 1. The van der Waals surface area contributed by atoms with Crippen LogP contribution in [0.15, 0.2) is 0 Å². The van der Waals surface area contributed by atoms with Crippen molar-refractivity contribution in [3.8, 4) is 0 Å². The van der Waals surface area contributed by atoms with Crippen LogP contribution in [0.2, 0.25) is 0 Å². The lowest BCUT2D eigenvalue weighted by Crippen LogP contribution is -2.61. The zero-order valence-corrected chi connectivity index (χ0v) is 12.4. The molecule has 1 atom stereocenters. The van der Waals surface area contributed by atoms with Crippen molar-refractivity contribution in [2.75, 3.05) is 6.54 Å². The van der Waals surface area contributed by atoms with E-state index in [1.54, 1.807) is 0 Å². The minimum Gasteiger partial charge on any atom is -0.368 e. The minimum absolute atomic E-state index is 0.155. The second-order valence-electron chi connectivity index (χ2n) is 6.12. The number of nitrogens with two attached hydrogens (primary N) is 1. The van der Waals surface area contributed by atoms with Crippen molar-refractivity contribution < 1.29 is 4.79 Å². The van der Waals surface area contributed by atoms with Crippen LogP contribution in [0.4, 0.5) is 0 Å². The highest BCUT2D eigenvalue weighted by Gasteiger charge is 2.41. The molecule has 17 heavy (non-hydrogen) atoms. The Kier molecular flexibility index (Phi) is 6.17. The Balaban J connectivity index is 5.02. The lowest BCUT2D eigenvalue weighted by molar-refractivity contribution is -0.127. The van der Waals surface area contributed by atoms with Gasteiger partial charge in [-0.25, -0.2) is 0 Å². The molecular formula is C14H30N2O. The number of rotatable bonds is 7. The summed E-state index contributed by atoms with van der Waals surface area (Å²) in [6.45, 7) is 13.6. The lowest BCUT2D eigenvalue weighted by atomic mass is 9.76. The fourth-order valence-corrected chi connectivity index (χ4v) is 2.43. The van der Waals surface area contributed by atoms with Crippen molar-refractivity contribution in [2.45, 2.75) is 66.3 Å². The first-order valence-corrected chi connectivity index (χ1v) is 6.78. The molecule has 0 aliphatic carbocycles. The quantitative estimate of drug-likeness (QED) is 0.721. The average molecular weight is 242 g/mol.